The summed E-state index contributed by atoms with van der Waals surface area (Å²) in [6, 6.07) is 18.0. The number of ether oxygens (including phenoxy) is 1. The first-order chi connectivity index (χ1) is 11.1. The van der Waals surface area contributed by atoms with Crippen LogP contribution in [0.5, 0.6) is 5.75 Å². The molecule has 4 nitrogen and oxygen atoms in total. The average molecular weight is 312 g/mol. The minimum Gasteiger partial charge on any atom is -0.481 e. The fourth-order valence-electron chi connectivity index (χ4n) is 2.18. The highest BCUT2D eigenvalue weighted by Crippen LogP contribution is 2.22. The molecule has 0 saturated heterocycles. The summed E-state index contributed by atoms with van der Waals surface area (Å²) in [5.41, 5.74) is 7.93. The average Bonchev–Trinajstić information content (AvgIpc) is 2.56. The fourth-order valence-corrected chi connectivity index (χ4v) is 2.18. The van der Waals surface area contributed by atoms with Crippen molar-refractivity contribution in [2.45, 2.75) is 32.4 Å². The van der Waals surface area contributed by atoms with Gasteiger partial charge in [-0.2, -0.15) is 0 Å². The highest BCUT2D eigenvalue weighted by atomic mass is 16.5. The molecule has 3 N–H and O–H groups in total. The largest absolute Gasteiger partial charge is 0.481 e. The highest BCUT2D eigenvalue weighted by Gasteiger charge is 2.14. The monoisotopic (exact) mass is 312 g/mol. The molecule has 0 aliphatic carbocycles. The van der Waals surface area contributed by atoms with Crippen molar-refractivity contribution in [3.8, 4) is 16.9 Å². The predicted molar refractivity (Wildman–Crippen MR) is 93.2 cm³/mol. The normalized spacial score (nSPS) is 13.2. The van der Waals surface area contributed by atoms with E-state index < -0.39 is 6.10 Å². The summed E-state index contributed by atoms with van der Waals surface area (Å²) in [5.74, 6) is 0.553. The van der Waals surface area contributed by atoms with E-state index >= 15 is 0 Å². The van der Waals surface area contributed by atoms with Crippen LogP contribution in [0.25, 0.3) is 11.1 Å². The molecule has 0 saturated carbocycles. The number of nitrogens with one attached hydrogen (secondary N) is 1. The van der Waals surface area contributed by atoms with E-state index in [9.17, 15) is 4.79 Å². The molecule has 0 aliphatic heterocycles. The van der Waals surface area contributed by atoms with E-state index in [2.05, 4.69) is 17.4 Å². The first-order valence-corrected chi connectivity index (χ1v) is 7.91. The third kappa shape index (κ3) is 5.42. The Kier molecular flexibility index (Phi) is 6.18. The zero-order chi connectivity index (χ0) is 16.7. The summed E-state index contributed by atoms with van der Waals surface area (Å²) in [7, 11) is 0. The van der Waals surface area contributed by atoms with Gasteiger partial charge in [0, 0.05) is 12.6 Å². The molecule has 2 rings (SSSR count). The Labute approximate surface area is 137 Å². The molecule has 2 unspecified atom stereocenters. The molecule has 23 heavy (non-hydrogen) atoms. The SMILES string of the molecule is CC(N)CCNC(=O)C(C)Oc1ccc(-c2ccccc2)cc1. The second kappa shape index (κ2) is 8.34. The van der Waals surface area contributed by atoms with Gasteiger partial charge >= 0.3 is 0 Å². The van der Waals surface area contributed by atoms with E-state index in [1.165, 1.54) is 0 Å². The Bertz CT molecular complexity index is 609. The van der Waals surface area contributed by atoms with Gasteiger partial charge in [0.15, 0.2) is 6.10 Å². The minimum absolute atomic E-state index is 0.0806. The lowest BCUT2D eigenvalue weighted by Gasteiger charge is -2.15. The van der Waals surface area contributed by atoms with E-state index in [0.717, 1.165) is 17.5 Å². The second-order valence-corrected chi connectivity index (χ2v) is 5.71. The van der Waals surface area contributed by atoms with Gasteiger partial charge in [0.25, 0.3) is 5.91 Å². The standard InChI is InChI=1S/C19H24N2O2/c1-14(20)12-13-21-19(22)15(2)23-18-10-8-17(9-11-18)16-6-4-3-5-7-16/h3-11,14-15H,12-13,20H2,1-2H3,(H,21,22). The predicted octanol–water partition coefficient (Wildman–Crippen LogP) is 2.97. The molecule has 2 aromatic rings. The summed E-state index contributed by atoms with van der Waals surface area (Å²) in [4.78, 5) is 11.9. The molecule has 2 aromatic carbocycles. The van der Waals surface area contributed by atoms with Crippen LogP contribution in [0.15, 0.2) is 54.6 Å². The Morgan fingerprint density at radius 2 is 1.65 bits per heavy atom. The van der Waals surface area contributed by atoms with Gasteiger partial charge < -0.3 is 15.8 Å². The van der Waals surface area contributed by atoms with Gasteiger partial charge in [-0.25, -0.2) is 0 Å². The van der Waals surface area contributed by atoms with Gasteiger partial charge in [-0.15, -0.1) is 0 Å². The van der Waals surface area contributed by atoms with Crippen LogP contribution in [0, 0.1) is 0 Å². The number of hydrogen-bond donors (Lipinski definition) is 2. The van der Waals surface area contributed by atoms with Gasteiger partial charge in [-0.05, 0) is 43.5 Å². The molecule has 0 spiro atoms. The number of hydrogen-bond acceptors (Lipinski definition) is 3. The molecule has 0 fully saturated rings. The van der Waals surface area contributed by atoms with Gasteiger partial charge in [-0.3, -0.25) is 4.79 Å². The first kappa shape index (κ1) is 17.0. The van der Waals surface area contributed by atoms with Crippen LogP contribution < -0.4 is 15.8 Å². The molecule has 0 aliphatic rings. The van der Waals surface area contributed by atoms with Crippen LogP contribution in [-0.2, 0) is 4.79 Å². The molecule has 122 valence electrons. The maximum absolute atomic E-state index is 11.9. The van der Waals surface area contributed by atoms with Crippen LogP contribution in [0.2, 0.25) is 0 Å². The van der Waals surface area contributed by atoms with Crippen LogP contribution in [-0.4, -0.2) is 24.6 Å². The molecular formula is C19H24N2O2. The Morgan fingerprint density at radius 3 is 2.26 bits per heavy atom. The maximum atomic E-state index is 11.9. The quantitative estimate of drug-likeness (QED) is 0.826. The van der Waals surface area contributed by atoms with E-state index in [1.54, 1.807) is 6.92 Å². The Hall–Kier alpha value is -2.33. The number of nitrogens with two attached hydrogens (primary N) is 1. The topological polar surface area (TPSA) is 64.3 Å². The van der Waals surface area contributed by atoms with Crippen molar-refractivity contribution in [3.05, 3.63) is 54.6 Å². The lowest BCUT2D eigenvalue weighted by atomic mass is 10.1. The van der Waals surface area contributed by atoms with Gasteiger partial charge in [-0.1, -0.05) is 42.5 Å². The summed E-state index contributed by atoms with van der Waals surface area (Å²) < 4.78 is 5.68. The van der Waals surface area contributed by atoms with Crippen molar-refractivity contribution in [2.24, 2.45) is 5.73 Å². The summed E-state index contributed by atoms with van der Waals surface area (Å²) >= 11 is 0. The molecule has 2 atom stereocenters. The van der Waals surface area contributed by atoms with Crippen molar-refractivity contribution in [1.29, 1.82) is 0 Å². The lowest BCUT2D eigenvalue weighted by molar-refractivity contribution is -0.127. The van der Waals surface area contributed by atoms with Crippen LogP contribution in [0.4, 0.5) is 0 Å². The fraction of sp³-hybridized carbons (Fsp3) is 0.316. The zero-order valence-electron chi connectivity index (χ0n) is 13.7. The number of rotatable bonds is 7. The zero-order valence-corrected chi connectivity index (χ0v) is 13.7. The third-order valence-electron chi connectivity index (χ3n) is 3.54. The second-order valence-electron chi connectivity index (χ2n) is 5.71. The third-order valence-corrected chi connectivity index (χ3v) is 3.54. The number of carbonyl (C=O) groups is 1. The van der Waals surface area contributed by atoms with Crippen LogP contribution in [0.1, 0.15) is 20.3 Å². The van der Waals surface area contributed by atoms with E-state index in [0.29, 0.717) is 12.3 Å². The highest BCUT2D eigenvalue weighted by molar-refractivity contribution is 5.80. The Morgan fingerprint density at radius 1 is 1.04 bits per heavy atom. The summed E-state index contributed by atoms with van der Waals surface area (Å²) in [6.45, 7) is 4.23. The van der Waals surface area contributed by atoms with E-state index in [-0.39, 0.29) is 11.9 Å². The van der Waals surface area contributed by atoms with Crippen molar-refractivity contribution < 1.29 is 9.53 Å². The Balaban J connectivity index is 1.89. The van der Waals surface area contributed by atoms with Crippen molar-refractivity contribution in [3.63, 3.8) is 0 Å². The first-order valence-electron chi connectivity index (χ1n) is 7.91. The number of amides is 1. The molecule has 0 bridgehead atoms. The van der Waals surface area contributed by atoms with Crippen LogP contribution >= 0.6 is 0 Å². The summed E-state index contributed by atoms with van der Waals surface area (Å²) in [5, 5.41) is 2.83. The molecule has 4 heteroatoms. The van der Waals surface area contributed by atoms with Crippen molar-refractivity contribution >= 4 is 5.91 Å². The molecule has 0 heterocycles. The van der Waals surface area contributed by atoms with Gasteiger partial charge in [0.05, 0.1) is 0 Å². The minimum atomic E-state index is -0.536. The number of carbonyl (C=O) groups excluding carboxylic acids is 1. The lowest BCUT2D eigenvalue weighted by Crippen LogP contribution is -2.38. The van der Waals surface area contributed by atoms with E-state index in [4.69, 9.17) is 10.5 Å². The molecule has 1 amide bonds. The maximum Gasteiger partial charge on any atom is 0.260 e. The van der Waals surface area contributed by atoms with Gasteiger partial charge in [0.2, 0.25) is 0 Å². The smallest absolute Gasteiger partial charge is 0.260 e. The van der Waals surface area contributed by atoms with Crippen molar-refractivity contribution in [1.82, 2.24) is 5.32 Å². The van der Waals surface area contributed by atoms with Gasteiger partial charge in [0.1, 0.15) is 5.75 Å². The summed E-state index contributed by atoms with van der Waals surface area (Å²) in [6.07, 6.45) is 0.218. The van der Waals surface area contributed by atoms with E-state index in [1.807, 2.05) is 49.4 Å². The molecule has 0 aromatic heterocycles. The van der Waals surface area contributed by atoms with Crippen molar-refractivity contribution in [2.75, 3.05) is 6.54 Å². The number of benzene rings is 2. The molecular weight excluding hydrogens is 288 g/mol. The molecule has 0 radical (unpaired) electrons. The van der Waals surface area contributed by atoms with Crippen LogP contribution in [0.3, 0.4) is 0 Å².